The Hall–Kier alpha value is -0.613. The Morgan fingerprint density at radius 1 is 1.50 bits per heavy atom. The van der Waals surface area contributed by atoms with Crippen LogP contribution in [0, 0.1) is 0 Å². The summed E-state index contributed by atoms with van der Waals surface area (Å²) in [6.45, 7) is 13.2. The van der Waals surface area contributed by atoms with Gasteiger partial charge in [-0.1, -0.05) is 26.8 Å². The summed E-state index contributed by atoms with van der Waals surface area (Å²) in [7, 11) is -1.73. The van der Waals surface area contributed by atoms with E-state index in [0.717, 1.165) is 6.42 Å². The molecule has 0 aromatic rings. The largest absolute Gasteiger partial charge is 0.458 e. The Labute approximate surface area is 112 Å². The molecule has 2 atom stereocenters. The van der Waals surface area contributed by atoms with Gasteiger partial charge < -0.3 is 9.16 Å². The van der Waals surface area contributed by atoms with Crippen LogP contribution in [0.5, 0.6) is 0 Å². The third kappa shape index (κ3) is 4.25. The second-order valence-corrected chi connectivity index (χ2v) is 11.3. The molecule has 0 spiro atoms. The van der Waals surface area contributed by atoms with Crippen molar-refractivity contribution in [2.75, 3.05) is 0 Å². The molecule has 0 unspecified atom stereocenters. The first-order chi connectivity index (χ1) is 8.12. The molecule has 0 radical (unpaired) electrons. The molecular formula is C14H26O3Si. The normalized spacial score (nSPS) is 22.8. The number of carbonyl (C=O) groups excluding carboxylic acids is 1. The van der Waals surface area contributed by atoms with E-state index in [1.807, 2.05) is 12.2 Å². The predicted molar refractivity (Wildman–Crippen MR) is 76.0 cm³/mol. The Bertz CT molecular complexity index is 328. The molecule has 0 saturated carbocycles. The van der Waals surface area contributed by atoms with Crippen LogP contribution in [0.2, 0.25) is 18.1 Å². The van der Waals surface area contributed by atoms with Gasteiger partial charge in [0.2, 0.25) is 0 Å². The highest BCUT2D eigenvalue weighted by Gasteiger charge is 2.38. The minimum Gasteiger partial charge on any atom is -0.458 e. The summed E-state index contributed by atoms with van der Waals surface area (Å²) >= 11 is 0. The fourth-order valence-electron chi connectivity index (χ4n) is 1.75. The topological polar surface area (TPSA) is 35.5 Å². The SMILES string of the molecule is C[C@H](C[C@@H]1C=CCC(=O)O1)O[Si](C)(C)C(C)(C)C. The summed E-state index contributed by atoms with van der Waals surface area (Å²) in [5, 5.41) is 0.209. The third-order valence-electron chi connectivity index (χ3n) is 3.78. The number of cyclic esters (lactones) is 1. The summed E-state index contributed by atoms with van der Waals surface area (Å²) in [5.74, 6) is -0.137. The summed E-state index contributed by atoms with van der Waals surface area (Å²) in [6, 6.07) is 0. The van der Waals surface area contributed by atoms with Gasteiger partial charge in [-0.15, -0.1) is 0 Å². The summed E-state index contributed by atoms with van der Waals surface area (Å²) in [4.78, 5) is 11.2. The van der Waals surface area contributed by atoms with Crippen molar-refractivity contribution in [3.8, 4) is 0 Å². The molecule has 104 valence electrons. The number of esters is 1. The molecule has 4 heteroatoms. The van der Waals surface area contributed by atoms with Crippen LogP contribution in [0.4, 0.5) is 0 Å². The van der Waals surface area contributed by atoms with Crippen LogP contribution in [0.3, 0.4) is 0 Å². The maximum atomic E-state index is 11.2. The lowest BCUT2D eigenvalue weighted by Gasteiger charge is -2.39. The second-order valence-electron chi connectivity index (χ2n) is 6.59. The molecular weight excluding hydrogens is 244 g/mol. The number of hydrogen-bond donors (Lipinski definition) is 0. The summed E-state index contributed by atoms with van der Waals surface area (Å²) in [6.07, 6.45) is 4.99. The first-order valence-electron chi connectivity index (χ1n) is 6.66. The van der Waals surface area contributed by atoms with Gasteiger partial charge in [-0.3, -0.25) is 4.79 Å². The highest BCUT2D eigenvalue weighted by atomic mass is 28.4. The standard InChI is InChI=1S/C14H26O3Si/c1-11(17-18(5,6)14(2,3)4)10-12-8-7-9-13(15)16-12/h7-8,11-12H,9-10H2,1-6H3/t11-,12+/m1/s1. The minimum absolute atomic E-state index is 0.117. The van der Waals surface area contributed by atoms with Gasteiger partial charge in [0, 0.05) is 12.5 Å². The molecule has 0 aromatic carbocycles. The van der Waals surface area contributed by atoms with Crippen molar-refractivity contribution < 1.29 is 14.0 Å². The van der Waals surface area contributed by atoms with E-state index in [2.05, 4.69) is 40.8 Å². The molecule has 0 bridgehead atoms. The molecule has 0 amide bonds. The average Bonchev–Trinajstić information content (AvgIpc) is 2.14. The van der Waals surface area contributed by atoms with E-state index in [9.17, 15) is 4.79 Å². The van der Waals surface area contributed by atoms with Crippen molar-refractivity contribution in [1.82, 2.24) is 0 Å². The number of carbonyl (C=O) groups is 1. The van der Waals surface area contributed by atoms with Gasteiger partial charge in [0.15, 0.2) is 8.32 Å². The van der Waals surface area contributed by atoms with E-state index in [1.54, 1.807) is 0 Å². The van der Waals surface area contributed by atoms with Crippen molar-refractivity contribution in [2.24, 2.45) is 0 Å². The van der Waals surface area contributed by atoms with E-state index < -0.39 is 8.32 Å². The predicted octanol–water partition coefficient (Wildman–Crippen LogP) is 3.66. The maximum absolute atomic E-state index is 11.2. The quantitative estimate of drug-likeness (QED) is 0.444. The highest BCUT2D eigenvalue weighted by molar-refractivity contribution is 6.74. The maximum Gasteiger partial charge on any atom is 0.310 e. The zero-order valence-electron chi connectivity index (χ0n) is 12.4. The van der Waals surface area contributed by atoms with Crippen LogP contribution in [-0.2, 0) is 14.0 Å². The fraction of sp³-hybridized carbons (Fsp3) is 0.786. The molecule has 0 fully saturated rings. The van der Waals surface area contributed by atoms with Crippen molar-refractivity contribution in [3.63, 3.8) is 0 Å². The third-order valence-corrected chi connectivity index (χ3v) is 8.39. The van der Waals surface area contributed by atoms with E-state index >= 15 is 0 Å². The van der Waals surface area contributed by atoms with Crippen molar-refractivity contribution in [1.29, 1.82) is 0 Å². The molecule has 0 aromatic heterocycles. The van der Waals surface area contributed by atoms with Crippen LogP contribution in [0.25, 0.3) is 0 Å². The number of rotatable bonds is 4. The Kier molecular flexibility index (Phi) is 4.78. The van der Waals surface area contributed by atoms with E-state index in [-0.39, 0.29) is 23.2 Å². The molecule has 3 nitrogen and oxygen atoms in total. The lowest BCUT2D eigenvalue weighted by molar-refractivity contribution is -0.147. The van der Waals surface area contributed by atoms with Gasteiger partial charge in [-0.25, -0.2) is 0 Å². The molecule has 0 aliphatic carbocycles. The molecule has 0 saturated heterocycles. The van der Waals surface area contributed by atoms with Gasteiger partial charge in [-0.2, -0.15) is 0 Å². The fourth-order valence-corrected chi connectivity index (χ4v) is 3.21. The van der Waals surface area contributed by atoms with Gasteiger partial charge in [0.25, 0.3) is 0 Å². The van der Waals surface area contributed by atoms with Crippen LogP contribution in [0.1, 0.15) is 40.5 Å². The first kappa shape index (κ1) is 15.4. The van der Waals surface area contributed by atoms with E-state index in [0.29, 0.717) is 6.42 Å². The molecule has 1 aliphatic heterocycles. The number of hydrogen-bond acceptors (Lipinski definition) is 3. The second kappa shape index (κ2) is 5.57. The highest BCUT2D eigenvalue weighted by Crippen LogP contribution is 2.37. The van der Waals surface area contributed by atoms with Gasteiger partial charge in [0.05, 0.1) is 6.42 Å². The van der Waals surface area contributed by atoms with Crippen molar-refractivity contribution in [2.45, 2.75) is 70.9 Å². The molecule has 1 heterocycles. The average molecular weight is 270 g/mol. The van der Waals surface area contributed by atoms with Crippen molar-refractivity contribution >= 4 is 14.3 Å². The zero-order valence-corrected chi connectivity index (χ0v) is 13.4. The lowest BCUT2D eigenvalue weighted by Crippen LogP contribution is -2.44. The van der Waals surface area contributed by atoms with E-state index in [4.69, 9.17) is 9.16 Å². The van der Waals surface area contributed by atoms with Crippen LogP contribution < -0.4 is 0 Å². The monoisotopic (exact) mass is 270 g/mol. The van der Waals surface area contributed by atoms with Crippen molar-refractivity contribution in [3.05, 3.63) is 12.2 Å². The summed E-state index contributed by atoms with van der Waals surface area (Å²) < 4.78 is 11.5. The van der Waals surface area contributed by atoms with Gasteiger partial charge in [-0.05, 0) is 31.1 Å². The smallest absolute Gasteiger partial charge is 0.310 e. The summed E-state index contributed by atoms with van der Waals surface area (Å²) in [5.41, 5.74) is 0. The minimum atomic E-state index is -1.73. The van der Waals surface area contributed by atoms with Crippen LogP contribution in [-0.4, -0.2) is 26.5 Å². The molecule has 1 aliphatic rings. The van der Waals surface area contributed by atoms with Crippen LogP contribution in [0.15, 0.2) is 12.2 Å². The molecule has 0 N–H and O–H groups in total. The Balaban J connectivity index is 2.51. The van der Waals surface area contributed by atoms with Gasteiger partial charge in [0.1, 0.15) is 6.10 Å². The lowest BCUT2D eigenvalue weighted by atomic mass is 10.1. The van der Waals surface area contributed by atoms with Crippen LogP contribution >= 0.6 is 0 Å². The molecule has 18 heavy (non-hydrogen) atoms. The zero-order chi connectivity index (χ0) is 14.0. The first-order valence-corrected chi connectivity index (χ1v) is 9.56. The number of ether oxygens (including phenoxy) is 1. The molecule has 1 rings (SSSR count). The Morgan fingerprint density at radius 3 is 2.61 bits per heavy atom. The van der Waals surface area contributed by atoms with E-state index in [1.165, 1.54) is 0 Å². The van der Waals surface area contributed by atoms with Gasteiger partial charge >= 0.3 is 5.97 Å². The Morgan fingerprint density at radius 2 is 2.11 bits per heavy atom.